The molecule has 5 rings (SSSR count). The lowest BCUT2D eigenvalue weighted by atomic mass is 9.98. The van der Waals surface area contributed by atoms with Gasteiger partial charge < -0.3 is 15.4 Å². The molecule has 170 valence electrons. The van der Waals surface area contributed by atoms with Gasteiger partial charge >= 0.3 is 0 Å². The summed E-state index contributed by atoms with van der Waals surface area (Å²) in [7, 11) is 0. The standard InChI is InChI=1S/C28H27N5O/c1-19-16-23(8-10-26(19)34-27-4-3-13-30-20(27)2)33-28-24-17-22(7-9-25(24)31-18-32-28)6-5-21-11-14-29-15-12-21/h3-4,7-10,13,16-18,21,29H,11-12,14-15H2,1-2H3,(H,31,32,33). The van der Waals surface area contributed by atoms with Crippen LogP contribution in [-0.2, 0) is 0 Å². The zero-order valence-electron chi connectivity index (χ0n) is 19.4. The fraction of sp³-hybridized carbons (Fsp3) is 0.250. The van der Waals surface area contributed by atoms with E-state index >= 15 is 0 Å². The fourth-order valence-electron chi connectivity index (χ4n) is 4.06. The van der Waals surface area contributed by atoms with Crippen molar-refractivity contribution >= 4 is 22.4 Å². The van der Waals surface area contributed by atoms with Crippen LogP contribution in [0.4, 0.5) is 11.5 Å². The Bertz CT molecular complexity index is 1380. The lowest BCUT2D eigenvalue weighted by Crippen LogP contribution is -2.26. The molecule has 2 aromatic heterocycles. The lowest BCUT2D eigenvalue weighted by Gasteiger charge is -2.17. The first-order valence-corrected chi connectivity index (χ1v) is 11.6. The second-order valence-corrected chi connectivity index (χ2v) is 8.54. The Kier molecular flexibility index (Phi) is 6.37. The first kappa shape index (κ1) is 21.9. The van der Waals surface area contributed by atoms with Crippen molar-refractivity contribution in [2.75, 3.05) is 18.4 Å². The third-order valence-electron chi connectivity index (χ3n) is 6.01. The van der Waals surface area contributed by atoms with Crippen molar-refractivity contribution in [2.24, 2.45) is 5.92 Å². The SMILES string of the molecule is Cc1cc(Nc2ncnc3ccc(C#CC4CCNCC4)cc23)ccc1Oc1cccnc1C. The van der Waals surface area contributed by atoms with E-state index in [0.717, 1.165) is 76.7 Å². The van der Waals surface area contributed by atoms with E-state index < -0.39 is 0 Å². The minimum atomic E-state index is 0.459. The van der Waals surface area contributed by atoms with Crippen molar-refractivity contribution in [3.63, 3.8) is 0 Å². The number of aryl methyl sites for hydroxylation is 2. The number of aromatic nitrogens is 3. The zero-order chi connectivity index (χ0) is 23.3. The summed E-state index contributed by atoms with van der Waals surface area (Å²) in [4.78, 5) is 13.2. The van der Waals surface area contributed by atoms with Crippen LogP contribution in [0.1, 0.15) is 29.7 Å². The smallest absolute Gasteiger partial charge is 0.148 e. The van der Waals surface area contributed by atoms with Gasteiger partial charge in [-0.25, -0.2) is 9.97 Å². The average Bonchev–Trinajstić information content (AvgIpc) is 2.86. The van der Waals surface area contributed by atoms with Crippen molar-refractivity contribution in [3.05, 3.63) is 77.9 Å². The Morgan fingerprint density at radius 2 is 1.85 bits per heavy atom. The van der Waals surface area contributed by atoms with Gasteiger partial charge in [0.1, 0.15) is 23.6 Å². The van der Waals surface area contributed by atoms with Crippen molar-refractivity contribution in [3.8, 4) is 23.3 Å². The van der Waals surface area contributed by atoms with Gasteiger partial charge in [0, 0.05) is 28.8 Å². The maximum Gasteiger partial charge on any atom is 0.148 e. The van der Waals surface area contributed by atoms with Gasteiger partial charge in [0.2, 0.25) is 0 Å². The summed E-state index contributed by atoms with van der Waals surface area (Å²) < 4.78 is 6.07. The summed E-state index contributed by atoms with van der Waals surface area (Å²) in [5, 5.41) is 7.78. The summed E-state index contributed by atoms with van der Waals surface area (Å²) in [5.74, 6) is 9.57. The monoisotopic (exact) mass is 449 g/mol. The lowest BCUT2D eigenvalue weighted by molar-refractivity contribution is 0.447. The molecule has 3 heterocycles. The molecule has 4 aromatic rings. The number of hydrogen-bond acceptors (Lipinski definition) is 6. The van der Waals surface area contributed by atoms with Crippen molar-refractivity contribution < 1.29 is 4.74 Å². The van der Waals surface area contributed by atoms with Gasteiger partial charge in [-0.3, -0.25) is 4.98 Å². The molecular weight excluding hydrogens is 422 g/mol. The molecule has 0 unspecified atom stereocenters. The van der Waals surface area contributed by atoms with E-state index in [1.807, 2.05) is 50.2 Å². The highest BCUT2D eigenvalue weighted by Gasteiger charge is 2.11. The van der Waals surface area contributed by atoms with Gasteiger partial charge in [-0.15, -0.1) is 0 Å². The van der Waals surface area contributed by atoms with Crippen LogP contribution in [0.2, 0.25) is 0 Å². The van der Waals surface area contributed by atoms with E-state index in [9.17, 15) is 0 Å². The fourth-order valence-corrected chi connectivity index (χ4v) is 4.06. The molecule has 0 saturated carbocycles. The molecular formula is C28H27N5O. The second kappa shape index (κ2) is 9.90. The molecule has 1 aliphatic rings. The summed E-state index contributed by atoms with van der Waals surface area (Å²) in [6.07, 6.45) is 5.56. The highest BCUT2D eigenvalue weighted by atomic mass is 16.5. The molecule has 2 aromatic carbocycles. The maximum absolute atomic E-state index is 6.07. The largest absolute Gasteiger partial charge is 0.455 e. The van der Waals surface area contributed by atoms with Crippen LogP contribution in [0.15, 0.2) is 61.1 Å². The Morgan fingerprint density at radius 1 is 0.971 bits per heavy atom. The molecule has 1 saturated heterocycles. The zero-order valence-corrected chi connectivity index (χ0v) is 19.4. The van der Waals surface area contributed by atoms with Gasteiger partial charge in [-0.05, 0) is 93.9 Å². The van der Waals surface area contributed by atoms with Gasteiger partial charge in [0.15, 0.2) is 0 Å². The molecule has 0 atom stereocenters. The number of fused-ring (bicyclic) bond motifs is 1. The summed E-state index contributed by atoms with van der Waals surface area (Å²) in [5.41, 5.74) is 4.67. The van der Waals surface area contributed by atoms with E-state index in [-0.39, 0.29) is 0 Å². The van der Waals surface area contributed by atoms with Crippen LogP contribution in [0, 0.1) is 31.6 Å². The number of nitrogens with zero attached hydrogens (tertiary/aromatic N) is 3. The minimum Gasteiger partial charge on any atom is -0.455 e. The molecule has 0 aliphatic carbocycles. The molecule has 1 aliphatic heterocycles. The number of pyridine rings is 1. The van der Waals surface area contributed by atoms with Crippen LogP contribution in [0.25, 0.3) is 10.9 Å². The quantitative estimate of drug-likeness (QED) is 0.399. The maximum atomic E-state index is 6.07. The van der Waals surface area contributed by atoms with Gasteiger partial charge in [-0.2, -0.15) is 0 Å². The van der Waals surface area contributed by atoms with Crippen molar-refractivity contribution in [1.82, 2.24) is 20.3 Å². The number of ether oxygens (including phenoxy) is 1. The minimum absolute atomic E-state index is 0.459. The highest BCUT2D eigenvalue weighted by molar-refractivity contribution is 5.91. The Hall–Kier alpha value is -3.95. The number of anilines is 2. The number of hydrogen-bond donors (Lipinski definition) is 2. The van der Waals surface area contributed by atoms with Crippen LogP contribution < -0.4 is 15.4 Å². The molecule has 0 bridgehead atoms. The molecule has 6 nitrogen and oxygen atoms in total. The molecule has 0 radical (unpaired) electrons. The van der Waals surface area contributed by atoms with Crippen LogP contribution in [0.5, 0.6) is 11.5 Å². The Balaban J connectivity index is 1.38. The number of benzene rings is 2. The predicted molar refractivity (Wildman–Crippen MR) is 136 cm³/mol. The molecule has 6 heteroatoms. The molecule has 0 spiro atoms. The summed E-state index contributed by atoms with van der Waals surface area (Å²) in [6.45, 7) is 6.05. The van der Waals surface area contributed by atoms with Gasteiger partial charge in [0.25, 0.3) is 0 Å². The topological polar surface area (TPSA) is 72.0 Å². The van der Waals surface area contributed by atoms with E-state index in [1.165, 1.54) is 0 Å². The third kappa shape index (κ3) is 5.00. The van der Waals surface area contributed by atoms with E-state index in [0.29, 0.717) is 5.92 Å². The molecule has 34 heavy (non-hydrogen) atoms. The van der Waals surface area contributed by atoms with Crippen molar-refractivity contribution in [2.45, 2.75) is 26.7 Å². The first-order valence-electron chi connectivity index (χ1n) is 11.6. The molecule has 1 fully saturated rings. The first-order chi connectivity index (χ1) is 16.7. The van der Waals surface area contributed by atoms with E-state index in [4.69, 9.17) is 4.74 Å². The Labute approximate surface area is 199 Å². The van der Waals surface area contributed by atoms with Gasteiger partial charge in [0.05, 0.1) is 11.2 Å². The van der Waals surface area contributed by atoms with Crippen LogP contribution in [-0.4, -0.2) is 28.0 Å². The highest BCUT2D eigenvalue weighted by Crippen LogP contribution is 2.30. The van der Waals surface area contributed by atoms with E-state index in [1.54, 1.807) is 12.5 Å². The predicted octanol–water partition coefficient (Wildman–Crippen LogP) is 5.53. The number of nitrogens with one attached hydrogen (secondary N) is 2. The normalized spacial score (nSPS) is 13.8. The Morgan fingerprint density at radius 3 is 2.68 bits per heavy atom. The van der Waals surface area contributed by atoms with Crippen LogP contribution in [0.3, 0.4) is 0 Å². The molecule has 0 amide bonds. The second-order valence-electron chi connectivity index (χ2n) is 8.54. The number of rotatable bonds is 4. The molecule has 2 N–H and O–H groups in total. The summed E-state index contributed by atoms with van der Waals surface area (Å²) >= 11 is 0. The summed E-state index contributed by atoms with van der Waals surface area (Å²) in [6, 6.07) is 15.9. The third-order valence-corrected chi connectivity index (χ3v) is 6.01. The van der Waals surface area contributed by atoms with Crippen LogP contribution >= 0.6 is 0 Å². The number of piperidine rings is 1. The average molecular weight is 450 g/mol. The van der Waals surface area contributed by atoms with Gasteiger partial charge in [-0.1, -0.05) is 11.8 Å². The van der Waals surface area contributed by atoms with Crippen molar-refractivity contribution in [1.29, 1.82) is 0 Å². The van der Waals surface area contributed by atoms with E-state index in [2.05, 4.69) is 49.6 Å².